The van der Waals surface area contributed by atoms with E-state index in [-0.39, 0.29) is 18.3 Å². The fourth-order valence-electron chi connectivity index (χ4n) is 2.16. The lowest BCUT2D eigenvalue weighted by molar-refractivity contribution is -0.389. The molecule has 11 heteroatoms. The van der Waals surface area contributed by atoms with Crippen LogP contribution in [0.1, 0.15) is 10.4 Å². The van der Waals surface area contributed by atoms with Crippen molar-refractivity contribution in [3.05, 3.63) is 67.3 Å². The van der Waals surface area contributed by atoms with Gasteiger partial charge in [-0.25, -0.2) is 4.98 Å². The zero-order chi connectivity index (χ0) is 18.7. The second-order valence-corrected chi connectivity index (χ2v) is 7.10. The van der Waals surface area contributed by atoms with Crippen LogP contribution in [0.2, 0.25) is 10.0 Å². The summed E-state index contributed by atoms with van der Waals surface area (Å²) in [6, 6.07) is 6.63. The smallest absolute Gasteiger partial charge is 0.358 e. The third-order valence-electron chi connectivity index (χ3n) is 3.32. The van der Waals surface area contributed by atoms with Crippen molar-refractivity contribution in [2.24, 2.45) is 0 Å². The van der Waals surface area contributed by atoms with Gasteiger partial charge >= 0.3 is 5.82 Å². The number of hydrogen-bond donors (Lipinski definition) is 1. The van der Waals surface area contributed by atoms with Gasteiger partial charge in [0, 0.05) is 17.5 Å². The van der Waals surface area contributed by atoms with Crippen LogP contribution in [0, 0.1) is 10.1 Å². The molecule has 26 heavy (non-hydrogen) atoms. The first-order chi connectivity index (χ1) is 12.4. The van der Waals surface area contributed by atoms with Crippen molar-refractivity contribution in [1.29, 1.82) is 0 Å². The Labute approximate surface area is 161 Å². The van der Waals surface area contributed by atoms with E-state index in [1.54, 1.807) is 12.3 Å². The number of rotatable bonds is 6. The molecule has 0 radical (unpaired) electrons. The zero-order valence-corrected chi connectivity index (χ0v) is 15.4. The van der Waals surface area contributed by atoms with E-state index >= 15 is 0 Å². The number of nitro groups is 1. The number of carbonyl (C=O) groups excluding carboxylic acids is 1. The van der Waals surface area contributed by atoms with Crippen LogP contribution < -0.4 is 5.32 Å². The largest absolute Gasteiger partial charge is 0.389 e. The molecule has 0 saturated carbocycles. The second kappa shape index (κ2) is 7.81. The molecule has 134 valence electrons. The molecule has 0 fully saturated rings. The molecule has 0 aliphatic rings. The van der Waals surface area contributed by atoms with Crippen LogP contribution in [0.15, 0.2) is 36.7 Å². The number of thiazole rings is 1. The van der Waals surface area contributed by atoms with Crippen LogP contribution in [0.25, 0.3) is 0 Å². The van der Waals surface area contributed by atoms with E-state index in [1.807, 2.05) is 12.1 Å². The van der Waals surface area contributed by atoms with Gasteiger partial charge in [0.15, 0.2) is 5.13 Å². The minimum Gasteiger partial charge on any atom is -0.358 e. The topological polar surface area (TPSA) is 103 Å². The number of anilines is 1. The predicted molar refractivity (Wildman–Crippen MR) is 98.9 cm³/mol. The fourth-order valence-corrected chi connectivity index (χ4v) is 3.40. The number of nitrogens with zero attached hydrogens (tertiary/aromatic N) is 4. The summed E-state index contributed by atoms with van der Waals surface area (Å²) in [4.78, 5) is 27.0. The van der Waals surface area contributed by atoms with Gasteiger partial charge in [-0.1, -0.05) is 35.3 Å². The number of hydrogen-bond acceptors (Lipinski definition) is 6. The van der Waals surface area contributed by atoms with E-state index < -0.39 is 4.92 Å². The van der Waals surface area contributed by atoms with Gasteiger partial charge < -0.3 is 15.4 Å². The summed E-state index contributed by atoms with van der Waals surface area (Å²) < 4.78 is 1.19. The van der Waals surface area contributed by atoms with Crippen molar-refractivity contribution in [2.45, 2.75) is 13.0 Å². The maximum absolute atomic E-state index is 12.0. The molecular formula is C15H11Cl2N5O3S. The number of amides is 1. The Morgan fingerprint density at radius 1 is 1.35 bits per heavy atom. The molecule has 0 unspecified atom stereocenters. The van der Waals surface area contributed by atoms with E-state index in [0.29, 0.717) is 21.6 Å². The molecule has 0 spiro atoms. The summed E-state index contributed by atoms with van der Waals surface area (Å²) in [7, 11) is 0. The van der Waals surface area contributed by atoms with E-state index in [9.17, 15) is 14.9 Å². The van der Waals surface area contributed by atoms with Gasteiger partial charge in [0.2, 0.25) is 5.91 Å². The Morgan fingerprint density at radius 2 is 2.15 bits per heavy atom. The second-order valence-electron chi connectivity index (χ2n) is 5.20. The van der Waals surface area contributed by atoms with Gasteiger partial charge in [0.25, 0.3) is 0 Å². The van der Waals surface area contributed by atoms with Gasteiger partial charge in [-0.3, -0.25) is 4.79 Å². The summed E-state index contributed by atoms with van der Waals surface area (Å²) >= 11 is 13.5. The molecule has 3 rings (SSSR count). The lowest BCUT2D eigenvalue weighted by atomic mass is 10.1. The van der Waals surface area contributed by atoms with Gasteiger partial charge in [-0.05, 0) is 16.6 Å². The summed E-state index contributed by atoms with van der Waals surface area (Å²) in [5.41, 5.74) is 0.865. The zero-order valence-electron chi connectivity index (χ0n) is 13.1. The number of carbonyl (C=O) groups is 1. The first kappa shape index (κ1) is 18.3. The molecule has 2 aromatic heterocycles. The lowest BCUT2D eigenvalue weighted by Gasteiger charge is -2.03. The van der Waals surface area contributed by atoms with Crippen LogP contribution in [0.4, 0.5) is 10.9 Å². The van der Waals surface area contributed by atoms with Crippen molar-refractivity contribution in [1.82, 2.24) is 14.8 Å². The highest BCUT2D eigenvalue weighted by molar-refractivity contribution is 7.15. The molecule has 1 amide bonds. The Balaban J connectivity index is 1.61. The van der Waals surface area contributed by atoms with Gasteiger partial charge in [0.1, 0.15) is 6.54 Å². The van der Waals surface area contributed by atoms with Crippen LogP contribution >= 0.6 is 34.5 Å². The average Bonchev–Trinajstić information content (AvgIpc) is 3.21. The maximum atomic E-state index is 12.0. The average molecular weight is 412 g/mol. The highest BCUT2D eigenvalue weighted by Gasteiger charge is 2.15. The number of nitrogens with one attached hydrogen (secondary N) is 1. The molecule has 0 saturated heterocycles. The third kappa shape index (κ3) is 4.37. The Kier molecular flexibility index (Phi) is 5.50. The Morgan fingerprint density at radius 3 is 2.88 bits per heavy atom. The molecule has 3 aromatic rings. The van der Waals surface area contributed by atoms with Gasteiger partial charge in [-0.2, -0.15) is 4.68 Å². The van der Waals surface area contributed by atoms with Crippen molar-refractivity contribution >= 4 is 51.4 Å². The summed E-state index contributed by atoms with van der Waals surface area (Å²) in [5.74, 6) is -0.697. The van der Waals surface area contributed by atoms with Crippen LogP contribution in [0.3, 0.4) is 0 Å². The minimum atomic E-state index is -0.623. The summed E-state index contributed by atoms with van der Waals surface area (Å²) in [5, 5.41) is 18.3. The van der Waals surface area contributed by atoms with E-state index in [2.05, 4.69) is 15.4 Å². The van der Waals surface area contributed by atoms with Crippen molar-refractivity contribution in [2.75, 3.05) is 5.32 Å². The van der Waals surface area contributed by atoms with Crippen LogP contribution in [-0.2, 0) is 17.8 Å². The number of benzene rings is 1. The molecule has 0 aliphatic carbocycles. The SMILES string of the molecule is O=C(Cn1ccc([N+](=O)[O-])n1)Nc1ncc(Cc2cccc(Cl)c2Cl)s1. The van der Waals surface area contributed by atoms with Crippen molar-refractivity contribution < 1.29 is 9.72 Å². The van der Waals surface area contributed by atoms with Gasteiger partial charge in [0.05, 0.1) is 27.4 Å². The number of halogens is 2. The fraction of sp³-hybridized carbons (Fsp3) is 0.133. The number of aromatic nitrogens is 3. The van der Waals surface area contributed by atoms with E-state index in [0.717, 1.165) is 10.4 Å². The van der Waals surface area contributed by atoms with E-state index in [4.69, 9.17) is 23.2 Å². The minimum absolute atomic E-state index is 0.150. The predicted octanol–water partition coefficient (Wildman–Crippen LogP) is 3.78. The standard InChI is InChI=1S/C15H11Cl2N5O3S/c16-11-3-1-2-9(14(11)17)6-10-7-18-15(26-10)19-13(23)8-21-5-4-12(20-21)22(24)25/h1-5,7H,6,8H2,(H,18,19,23). The van der Waals surface area contributed by atoms with Crippen LogP contribution in [0.5, 0.6) is 0 Å². The Bertz CT molecular complexity index is 972. The maximum Gasteiger partial charge on any atom is 0.389 e. The first-order valence-electron chi connectivity index (χ1n) is 7.27. The normalized spacial score (nSPS) is 10.7. The summed E-state index contributed by atoms with van der Waals surface area (Å²) in [6.45, 7) is -0.150. The molecule has 0 aliphatic heterocycles. The van der Waals surface area contributed by atoms with Crippen molar-refractivity contribution in [3.8, 4) is 0 Å². The van der Waals surface area contributed by atoms with Gasteiger partial charge in [-0.15, -0.1) is 11.3 Å². The lowest BCUT2D eigenvalue weighted by Crippen LogP contribution is -2.19. The molecule has 1 N–H and O–H groups in total. The first-order valence-corrected chi connectivity index (χ1v) is 8.85. The van der Waals surface area contributed by atoms with Crippen LogP contribution in [-0.4, -0.2) is 25.6 Å². The molecule has 2 heterocycles. The highest BCUT2D eigenvalue weighted by atomic mass is 35.5. The Hall–Kier alpha value is -2.49. The summed E-state index contributed by atoms with van der Waals surface area (Å²) in [6.07, 6.45) is 3.56. The van der Waals surface area contributed by atoms with Crippen molar-refractivity contribution in [3.63, 3.8) is 0 Å². The monoisotopic (exact) mass is 411 g/mol. The molecule has 0 atom stereocenters. The molecular weight excluding hydrogens is 401 g/mol. The molecule has 0 bridgehead atoms. The van der Waals surface area contributed by atoms with E-state index in [1.165, 1.54) is 28.3 Å². The third-order valence-corrected chi connectivity index (χ3v) is 5.09. The molecule has 8 nitrogen and oxygen atoms in total. The highest BCUT2D eigenvalue weighted by Crippen LogP contribution is 2.29. The molecule has 1 aromatic carbocycles. The quantitative estimate of drug-likeness (QED) is 0.490.